The number of nitrogens with zero attached hydrogens (tertiary/aromatic N) is 2. The van der Waals surface area contributed by atoms with Crippen LogP contribution >= 0.6 is 0 Å². The van der Waals surface area contributed by atoms with Crippen LogP contribution in [0.15, 0.2) is 18.2 Å². The van der Waals surface area contributed by atoms with Gasteiger partial charge in [-0.2, -0.15) is 0 Å². The number of aromatic nitrogens is 2. The number of hydrogen-bond acceptors (Lipinski definition) is 4. The van der Waals surface area contributed by atoms with Crippen molar-refractivity contribution in [3.8, 4) is 0 Å². The Labute approximate surface area is 116 Å². The van der Waals surface area contributed by atoms with Gasteiger partial charge in [-0.15, -0.1) is 0 Å². The number of nitrogen functional groups attached to an aromatic ring is 1. The third-order valence-corrected chi connectivity index (χ3v) is 2.83. The average molecular weight is 264 g/mol. The van der Waals surface area contributed by atoms with Crippen molar-refractivity contribution in [1.82, 2.24) is 9.55 Å². The number of nitrogens with two attached hydrogens (primary N) is 1. The van der Waals surface area contributed by atoms with Crippen LogP contribution in [0.25, 0.3) is 11.0 Å². The van der Waals surface area contributed by atoms with E-state index in [0.717, 1.165) is 0 Å². The van der Waals surface area contributed by atoms with Crippen LogP contribution in [-0.4, -0.2) is 22.1 Å². The summed E-state index contributed by atoms with van der Waals surface area (Å²) >= 11 is 0. The lowest BCUT2D eigenvalue weighted by Gasteiger charge is -2.03. The summed E-state index contributed by atoms with van der Waals surface area (Å²) in [5.41, 5.74) is 7.30. The molecule has 0 amide bonds. The molecule has 102 valence electrons. The van der Waals surface area contributed by atoms with Gasteiger partial charge in [0.25, 0.3) is 0 Å². The van der Waals surface area contributed by atoms with Crippen molar-refractivity contribution in [3.63, 3.8) is 0 Å². The molecule has 2 aromatic rings. The van der Waals surface area contributed by atoms with E-state index in [-0.39, 0.29) is 12.4 Å². The first-order valence-corrected chi connectivity index (χ1v) is 6.26. The molecule has 5 nitrogen and oxygen atoms in total. The summed E-state index contributed by atoms with van der Waals surface area (Å²) in [6.45, 7) is -0.244. The van der Waals surface area contributed by atoms with Crippen LogP contribution in [0, 0.1) is 0 Å². The summed E-state index contributed by atoms with van der Waals surface area (Å²) in [4.78, 5) is 15.7. The second-order valence-electron chi connectivity index (χ2n) is 4.27. The molecule has 19 heavy (non-hydrogen) atoms. The number of esters is 1. The van der Waals surface area contributed by atoms with Gasteiger partial charge in [0, 0.05) is 29.6 Å². The van der Waals surface area contributed by atoms with Crippen molar-refractivity contribution in [2.75, 3.05) is 12.3 Å². The van der Waals surface area contributed by atoms with Gasteiger partial charge in [-0.3, -0.25) is 4.79 Å². The van der Waals surface area contributed by atoms with Crippen molar-refractivity contribution < 1.29 is 13.6 Å². The van der Waals surface area contributed by atoms with E-state index in [0.29, 0.717) is 42.0 Å². The Hall–Kier alpha value is -2.04. The molecular weight excluding hydrogens is 242 g/mol. The van der Waals surface area contributed by atoms with Crippen molar-refractivity contribution >= 4 is 22.7 Å². The number of fused-ring (bicyclic) bond motifs is 1. The van der Waals surface area contributed by atoms with Crippen molar-refractivity contribution in [3.05, 3.63) is 24.0 Å². The van der Waals surface area contributed by atoms with Gasteiger partial charge in [-0.25, -0.2) is 4.98 Å². The molecule has 0 unspecified atom stereocenters. The highest BCUT2D eigenvalue weighted by molar-refractivity contribution is 5.79. The molecule has 0 aliphatic heterocycles. The number of carbonyl (C=O) groups excluding carboxylic acids is 1. The Kier molecular flexibility index (Phi) is 2.97. The third-order valence-electron chi connectivity index (χ3n) is 2.83. The summed E-state index contributed by atoms with van der Waals surface area (Å²) in [7, 11) is 0. The fraction of sp³-hybridized carbons (Fsp3) is 0.429. The fourth-order valence-electron chi connectivity index (χ4n) is 1.94. The first kappa shape index (κ1) is 9.83. The minimum Gasteiger partial charge on any atom is -0.466 e. The second kappa shape index (κ2) is 5.73. The van der Waals surface area contributed by atoms with Crippen molar-refractivity contribution in [2.45, 2.75) is 26.2 Å². The highest BCUT2D eigenvalue weighted by Gasteiger charge is 2.09. The van der Waals surface area contributed by atoms with E-state index < -0.39 is 6.98 Å². The topological polar surface area (TPSA) is 70.1 Å². The summed E-state index contributed by atoms with van der Waals surface area (Å²) < 4.78 is 29.1. The molecule has 1 aromatic carbocycles. The Morgan fingerprint density at radius 3 is 3.16 bits per heavy atom. The molecule has 0 fully saturated rings. The zero-order valence-electron chi connectivity index (χ0n) is 13.8. The van der Waals surface area contributed by atoms with Gasteiger partial charge in [0.1, 0.15) is 5.82 Å². The van der Waals surface area contributed by atoms with Gasteiger partial charge in [0.2, 0.25) is 0 Å². The fourth-order valence-corrected chi connectivity index (χ4v) is 1.94. The third kappa shape index (κ3) is 3.05. The number of ether oxygens (including phenoxy) is 1. The molecule has 5 heteroatoms. The van der Waals surface area contributed by atoms with Crippen LogP contribution in [0.5, 0.6) is 0 Å². The van der Waals surface area contributed by atoms with E-state index in [4.69, 9.17) is 14.6 Å². The maximum atomic E-state index is 11.4. The van der Waals surface area contributed by atoms with Crippen LogP contribution < -0.4 is 5.73 Å². The molecule has 0 bridgehead atoms. The van der Waals surface area contributed by atoms with Crippen molar-refractivity contribution in [2.24, 2.45) is 6.98 Å². The number of imidazole rings is 1. The van der Waals surface area contributed by atoms with E-state index >= 15 is 0 Å². The van der Waals surface area contributed by atoms with Crippen molar-refractivity contribution in [1.29, 1.82) is 0 Å². The molecule has 2 N–H and O–H groups in total. The number of benzene rings is 1. The maximum absolute atomic E-state index is 11.4. The molecule has 1 aromatic heterocycles. The zero-order valence-corrected chi connectivity index (χ0v) is 10.8. The van der Waals surface area contributed by atoms with Crippen LogP contribution in [0.2, 0.25) is 0 Å². The number of anilines is 1. The van der Waals surface area contributed by atoms with Gasteiger partial charge in [0.05, 0.1) is 17.6 Å². The van der Waals surface area contributed by atoms with E-state index in [1.807, 2.05) is 0 Å². The van der Waals surface area contributed by atoms with Gasteiger partial charge >= 0.3 is 5.97 Å². The molecule has 1 heterocycles. The largest absolute Gasteiger partial charge is 0.466 e. The van der Waals surface area contributed by atoms with E-state index in [9.17, 15) is 4.79 Å². The van der Waals surface area contributed by atoms with Gasteiger partial charge < -0.3 is 15.0 Å². The Morgan fingerprint density at radius 1 is 1.58 bits per heavy atom. The number of aryl methyl sites for hydroxylation is 2. The summed E-state index contributed by atoms with van der Waals surface area (Å²) in [5, 5.41) is 0. The molecule has 0 atom stereocenters. The van der Waals surface area contributed by atoms with E-state index in [1.54, 1.807) is 25.1 Å². The molecule has 0 radical (unpaired) electrons. The highest BCUT2D eigenvalue weighted by Crippen LogP contribution is 2.18. The molecule has 0 saturated carbocycles. The quantitative estimate of drug-likeness (QED) is 0.662. The lowest BCUT2D eigenvalue weighted by atomic mass is 10.2. The van der Waals surface area contributed by atoms with Gasteiger partial charge in [0.15, 0.2) is 0 Å². The highest BCUT2D eigenvalue weighted by atomic mass is 16.5. The lowest BCUT2D eigenvalue weighted by molar-refractivity contribution is -0.143. The van der Waals surface area contributed by atoms with Gasteiger partial charge in [-0.1, -0.05) is 0 Å². The second-order valence-corrected chi connectivity index (χ2v) is 4.27. The van der Waals surface area contributed by atoms with E-state index in [1.165, 1.54) is 4.57 Å². The summed E-state index contributed by atoms with van der Waals surface area (Å²) in [6, 6.07) is 4.94. The van der Waals surface area contributed by atoms with Crippen LogP contribution in [0.4, 0.5) is 5.69 Å². The molecular formula is C14H19N3O2. The minimum absolute atomic E-state index is 0.236. The molecule has 0 aliphatic rings. The normalized spacial score (nSPS) is 13.8. The Bertz CT molecular complexity index is 680. The Morgan fingerprint density at radius 2 is 2.42 bits per heavy atom. The standard InChI is InChI=1S/C14H19N3O2/c1-3-19-14(18)6-4-5-13-16-11-9-10(15)7-8-12(11)17(13)2/h7-9H,3-6,15H2,1-2H3/i2D3. The molecule has 0 spiro atoms. The van der Waals surface area contributed by atoms with Crippen LogP contribution in [0.3, 0.4) is 0 Å². The smallest absolute Gasteiger partial charge is 0.305 e. The first-order valence-electron chi connectivity index (χ1n) is 7.76. The summed E-state index contributed by atoms with van der Waals surface area (Å²) in [6.07, 6.45) is 1.10. The number of hydrogen-bond donors (Lipinski definition) is 1. The number of carbonyl (C=O) groups is 1. The van der Waals surface area contributed by atoms with E-state index in [2.05, 4.69) is 4.98 Å². The first-order chi connectivity index (χ1) is 10.3. The predicted octanol–water partition coefficient (Wildman–Crippen LogP) is 2.04. The Balaban J connectivity index is 2.26. The minimum atomic E-state index is -2.33. The number of rotatable bonds is 5. The zero-order chi connectivity index (χ0) is 16.3. The molecule has 0 aliphatic carbocycles. The molecule has 2 rings (SSSR count). The lowest BCUT2D eigenvalue weighted by Crippen LogP contribution is -2.05. The van der Waals surface area contributed by atoms with Crippen LogP contribution in [-0.2, 0) is 22.9 Å². The monoisotopic (exact) mass is 264 g/mol. The van der Waals surface area contributed by atoms with Gasteiger partial charge in [-0.05, 0) is 31.5 Å². The SMILES string of the molecule is [2H]C([2H])([2H])n1c(CCCC(=O)OCC)nc2cc(N)ccc21. The van der Waals surface area contributed by atoms with Crippen LogP contribution in [0.1, 0.15) is 29.7 Å². The predicted molar refractivity (Wildman–Crippen MR) is 74.7 cm³/mol. The maximum Gasteiger partial charge on any atom is 0.305 e. The molecule has 0 saturated heterocycles. The average Bonchev–Trinajstić information content (AvgIpc) is 2.76. The summed E-state index contributed by atoms with van der Waals surface area (Å²) in [5.74, 6) is 0.133.